The molecule has 0 bridgehead atoms. The molecule has 0 saturated heterocycles. The summed E-state index contributed by atoms with van der Waals surface area (Å²) in [6.07, 6.45) is -11.5. The average Bonchev–Trinajstić information content (AvgIpc) is 2.70. The van der Waals surface area contributed by atoms with Crippen molar-refractivity contribution in [3.8, 4) is 23.0 Å². The largest absolute Gasteiger partial charge is 0.450 e. The van der Waals surface area contributed by atoms with E-state index in [0.29, 0.717) is 24.3 Å². The number of hydrogen-bond donors (Lipinski definition) is 2. The second kappa shape index (κ2) is 8.70. The van der Waals surface area contributed by atoms with Gasteiger partial charge < -0.3 is 20.9 Å². The molecule has 0 aliphatic rings. The van der Waals surface area contributed by atoms with Crippen LogP contribution in [0.3, 0.4) is 0 Å². The fourth-order valence-corrected chi connectivity index (χ4v) is 2.77. The Morgan fingerprint density at radius 2 is 0.857 bits per heavy atom. The molecular formula is C20H9F11N2O2. The summed E-state index contributed by atoms with van der Waals surface area (Å²) in [4.78, 5) is 0. The van der Waals surface area contributed by atoms with E-state index in [9.17, 15) is 43.9 Å². The number of benzene rings is 3. The Morgan fingerprint density at radius 3 is 1.17 bits per heavy atom. The first-order chi connectivity index (χ1) is 16.0. The van der Waals surface area contributed by atoms with Crippen molar-refractivity contribution >= 4 is 11.4 Å². The molecule has 0 spiro atoms. The lowest BCUT2D eigenvalue weighted by atomic mass is 10.1. The molecule has 3 aromatic carbocycles. The summed E-state index contributed by atoms with van der Waals surface area (Å²) in [5, 5.41) is 0. The standard InChI is InChI=1S/C20H9F11N2O2/c21-10-1-6(32)3-12(14(10)23)34-17-8(19(26,27)28)5-9(20(29,30)31)18(16(17)25)35-13-4-7(33)2-11(22)15(13)24/h1-5H,32-33H2. The molecule has 0 amide bonds. The highest BCUT2D eigenvalue weighted by molar-refractivity contribution is 5.56. The number of nitrogens with two attached hydrogens (primary N) is 2. The van der Waals surface area contributed by atoms with Crippen LogP contribution in [0.4, 0.5) is 59.7 Å². The highest BCUT2D eigenvalue weighted by atomic mass is 19.4. The molecule has 0 radical (unpaired) electrons. The van der Waals surface area contributed by atoms with Crippen molar-refractivity contribution in [2.45, 2.75) is 12.4 Å². The maximum Gasteiger partial charge on any atom is 0.420 e. The normalized spacial score (nSPS) is 12.1. The summed E-state index contributed by atoms with van der Waals surface area (Å²) in [7, 11) is 0. The molecule has 0 aromatic heterocycles. The molecule has 4 nitrogen and oxygen atoms in total. The Bertz CT molecular complexity index is 1210. The SMILES string of the molecule is Nc1cc(F)c(F)c(Oc2c(C(F)(F)F)cc(C(F)(F)F)c(Oc3cc(N)cc(F)c3F)c2F)c1. The van der Waals surface area contributed by atoms with Crippen LogP contribution in [0.2, 0.25) is 0 Å². The van der Waals surface area contributed by atoms with E-state index in [1.165, 1.54) is 0 Å². The number of ether oxygens (including phenoxy) is 2. The van der Waals surface area contributed by atoms with Gasteiger partial charge >= 0.3 is 12.4 Å². The lowest BCUT2D eigenvalue weighted by Gasteiger charge is -2.21. The van der Waals surface area contributed by atoms with Gasteiger partial charge in [-0.15, -0.1) is 0 Å². The first-order valence-electron chi connectivity index (χ1n) is 8.86. The van der Waals surface area contributed by atoms with Crippen molar-refractivity contribution in [3.05, 3.63) is 70.5 Å². The molecule has 0 aliphatic heterocycles. The number of hydrogen-bond acceptors (Lipinski definition) is 4. The van der Waals surface area contributed by atoms with Crippen LogP contribution < -0.4 is 20.9 Å². The molecule has 0 atom stereocenters. The molecule has 188 valence electrons. The van der Waals surface area contributed by atoms with Gasteiger partial charge in [0.05, 0.1) is 0 Å². The van der Waals surface area contributed by atoms with Crippen molar-refractivity contribution in [3.63, 3.8) is 0 Å². The van der Waals surface area contributed by atoms with E-state index in [1.807, 2.05) is 0 Å². The molecule has 15 heteroatoms. The second-order valence-electron chi connectivity index (χ2n) is 6.77. The third kappa shape index (κ3) is 5.12. The predicted molar refractivity (Wildman–Crippen MR) is 98.1 cm³/mol. The van der Waals surface area contributed by atoms with Crippen LogP contribution in [-0.2, 0) is 12.4 Å². The monoisotopic (exact) mass is 518 g/mol. The Hall–Kier alpha value is -3.91. The zero-order chi connectivity index (χ0) is 26.5. The molecular weight excluding hydrogens is 509 g/mol. The van der Waals surface area contributed by atoms with Crippen molar-refractivity contribution in [1.29, 1.82) is 0 Å². The minimum atomic E-state index is -5.74. The van der Waals surface area contributed by atoms with E-state index in [2.05, 4.69) is 9.47 Å². The van der Waals surface area contributed by atoms with Gasteiger partial charge in [-0.05, 0) is 6.07 Å². The van der Waals surface area contributed by atoms with Crippen LogP contribution in [-0.4, -0.2) is 0 Å². The lowest BCUT2D eigenvalue weighted by molar-refractivity contribution is -0.144. The summed E-state index contributed by atoms with van der Waals surface area (Å²) < 4.78 is 160. The Balaban J connectivity index is 2.34. The van der Waals surface area contributed by atoms with Crippen LogP contribution in [0.15, 0.2) is 30.3 Å². The van der Waals surface area contributed by atoms with Crippen molar-refractivity contribution < 1.29 is 57.8 Å². The van der Waals surface area contributed by atoms with Crippen molar-refractivity contribution in [1.82, 2.24) is 0 Å². The van der Waals surface area contributed by atoms with Gasteiger partial charge in [0.15, 0.2) is 34.6 Å². The minimum absolute atomic E-state index is 0.391. The third-order valence-corrected chi connectivity index (χ3v) is 4.25. The van der Waals surface area contributed by atoms with Crippen molar-refractivity contribution in [2.75, 3.05) is 11.5 Å². The zero-order valence-electron chi connectivity index (χ0n) is 16.5. The summed E-state index contributed by atoms with van der Waals surface area (Å²) in [5.41, 5.74) is 4.43. The van der Waals surface area contributed by atoms with E-state index in [4.69, 9.17) is 11.5 Å². The first-order valence-corrected chi connectivity index (χ1v) is 8.86. The van der Waals surface area contributed by atoms with Gasteiger partial charge in [-0.1, -0.05) is 0 Å². The molecule has 35 heavy (non-hydrogen) atoms. The van der Waals surface area contributed by atoms with Gasteiger partial charge in [0, 0.05) is 35.6 Å². The van der Waals surface area contributed by atoms with Crippen LogP contribution >= 0.6 is 0 Å². The van der Waals surface area contributed by atoms with Crippen molar-refractivity contribution in [2.24, 2.45) is 0 Å². The number of anilines is 2. The smallest absolute Gasteiger partial charge is 0.420 e. The lowest BCUT2D eigenvalue weighted by Crippen LogP contribution is -2.16. The molecule has 0 fully saturated rings. The maximum absolute atomic E-state index is 15.1. The average molecular weight is 518 g/mol. The second-order valence-corrected chi connectivity index (χ2v) is 6.77. The van der Waals surface area contributed by atoms with Gasteiger partial charge in [0.1, 0.15) is 11.1 Å². The van der Waals surface area contributed by atoms with E-state index in [-0.39, 0.29) is 0 Å². The third-order valence-electron chi connectivity index (χ3n) is 4.25. The van der Waals surface area contributed by atoms with Crippen LogP contribution in [0.25, 0.3) is 0 Å². The number of nitrogen functional groups attached to an aromatic ring is 2. The molecule has 0 heterocycles. The minimum Gasteiger partial charge on any atom is -0.450 e. The molecule has 3 rings (SSSR count). The highest BCUT2D eigenvalue weighted by Gasteiger charge is 2.45. The van der Waals surface area contributed by atoms with Crippen LogP contribution in [0, 0.1) is 29.1 Å². The molecule has 3 aromatic rings. The van der Waals surface area contributed by atoms with Gasteiger partial charge in [0.25, 0.3) is 0 Å². The van der Waals surface area contributed by atoms with Gasteiger partial charge in [-0.2, -0.15) is 39.5 Å². The van der Waals surface area contributed by atoms with Gasteiger partial charge in [-0.3, -0.25) is 0 Å². The Morgan fingerprint density at radius 1 is 0.514 bits per heavy atom. The van der Waals surface area contributed by atoms with E-state index >= 15 is 4.39 Å². The quantitative estimate of drug-likeness (QED) is 0.284. The number of rotatable bonds is 4. The van der Waals surface area contributed by atoms with Crippen LogP contribution in [0.1, 0.15) is 11.1 Å². The van der Waals surface area contributed by atoms with E-state index < -0.39 is 93.0 Å². The van der Waals surface area contributed by atoms with Crippen LogP contribution in [0.5, 0.6) is 23.0 Å². The molecule has 4 N–H and O–H groups in total. The summed E-state index contributed by atoms with van der Waals surface area (Å²) >= 11 is 0. The highest BCUT2D eigenvalue weighted by Crippen LogP contribution is 2.50. The summed E-state index contributed by atoms with van der Waals surface area (Å²) in [6.45, 7) is 0. The number of halogens is 11. The zero-order valence-corrected chi connectivity index (χ0v) is 16.5. The van der Waals surface area contributed by atoms with Gasteiger partial charge in [-0.25, -0.2) is 8.78 Å². The van der Waals surface area contributed by atoms with E-state index in [1.54, 1.807) is 0 Å². The molecule has 0 saturated carbocycles. The Kier molecular flexibility index (Phi) is 6.39. The van der Waals surface area contributed by atoms with E-state index in [0.717, 1.165) is 0 Å². The first kappa shape index (κ1) is 25.7. The maximum atomic E-state index is 15.1. The molecule has 0 unspecified atom stereocenters. The Labute approximate surface area is 187 Å². The predicted octanol–water partition coefficient (Wildman–Crippen LogP) is 7.17. The fourth-order valence-electron chi connectivity index (χ4n) is 2.77. The summed E-state index contributed by atoms with van der Waals surface area (Å²) in [6, 6.07) is 0.949. The topological polar surface area (TPSA) is 70.5 Å². The fraction of sp³-hybridized carbons (Fsp3) is 0.100. The molecule has 0 aliphatic carbocycles. The summed E-state index contributed by atoms with van der Waals surface area (Å²) in [5.74, 6) is -17.0. The number of alkyl halides is 6. The van der Waals surface area contributed by atoms with Gasteiger partial charge in [0.2, 0.25) is 17.5 Å².